The Morgan fingerprint density at radius 3 is 2.44 bits per heavy atom. The highest BCUT2D eigenvalue weighted by atomic mass is 16.7. The molecular formula is C11H20O7. The van der Waals surface area contributed by atoms with Gasteiger partial charge in [-0.05, 0) is 0 Å². The van der Waals surface area contributed by atoms with Gasteiger partial charge in [0.25, 0.3) is 0 Å². The predicted molar refractivity (Wildman–Crippen MR) is 60.5 cm³/mol. The van der Waals surface area contributed by atoms with Crippen LogP contribution in [0.1, 0.15) is 6.42 Å². The van der Waals surface area contributed by atoms with Crippen molar-refractivity contribution >= 4 is 0 Å². The third-order valence-electron chi connectivity index (χ3n) is 2.82. The average molecular weight is 264 g/mol. The molecule has 106 valence electrons. The molecule has 5 N–H and O–H groups in total. The second-order valence-corrected chi connectivity index (χ2v) is 4.16. The molecule has 0 amide bonds. The molecule has 7 nitrogen and oxygen atoms in total. The lowest BCUT2D eigenvalue weighted by Gasteiger charge is -2.39. The Hall–Kier alpha value is -0.540. The fourth-order valence-corrected chi connectivity index (χ4v) is 1.63. The van der Waals surface area contributed by atoms with Crippen molar-refractivity contribution in [2.24, 2.45) is 0 Å². The maximum absolute atomic E-state index is 9.62. The van der Waals surface area contributed by atoms with E-state index in [2.05, 4.69) is 6.58 Å². The first-order chi connectivity index (χ1) is 8.51. The van der Waals surface area contributed by atoms with Crippen LogP contribution in [0.15, 0.2) is 12.7 Å². The summed E-state index contributed by atoms with van der Waals surface area (Å²) in [5.41, 5.74) is 0. The SMILES string of the molecule is C=CC(O)CCOC1OC(CO)C(O)C(O)C1O. The molecule has 7 heteroatoms. The summed E-state index contributed by atoms with van der Waals surface area (Å²) in [7, 11) is 0. The van der Waals surface area contributed by atoms with E-state index in [0.717, 1.165) is 0 Å². The minimum Gasteiger partial charge on any atom is -0.394 e. The van der Waals surface area contributed by atoms with Gasteiger partial charge >= 0.3 is 0 Å². The van der Waals surface area contributed by atoms with E-state index < -0.39 is 43.4 Å². The Balaban J connectivity index is 2.46. The molecule has 0 bridgehead atoms. The molecule has 18 heavy (non-hydrogen) atoms. The zero-order valence-corrected chi connectivity index (χ0v) is 9.92. The highest BCUT2D eigenvalue weighted by Gasteiger charge is 2.43. The number of hydrogen-bond donors (Lipinski definition) is 5. The fraction of sp³-hybridized carbons (Fsp3) is 0.818. The number of aliphatic hydroxyl groups excluding tert-OH is 5. The Morgan fingerprint density at radius 1 is 1.22 bits per heavy atom. The number of ether oxygens (including phenoxy) is 2. The molecule has 0 aliphatic carbocycles. The quantitative estimate of drug-likeness (QED) is 0.343. The van der Waals surface area contributed by atoms with Crippen molar-refractivity contribution in [3.05, 3.63) is 12.7 Å². The standard InChI is InChI=1S/C11H20O7/c1-2-6(13)3-4-17-11-10(16)9(15)8(14)7(5-12)18-11/h2,6-16H,1,3-5H2. The van der Waals surface area contributed by atoms with Gasteiger partial charge in [-0.1, -0.05) is 6.08 Å². The number of rotatable bonds is 6. The number of hydrogen-bond acceptors (Lipinski definition) is 7. The fourth-order valence-electron chi connectivity index (χ4n) is 1.63. The molecule has 0 aromatic rings. The predicted octanol–water partition coefficient (Wildman–Crippen LogP) is -2.26. The summed E-state index contributed by atoms with van der Waals surface area (Å²) < 4.78 is 10.3. The Morgan fingerprint density at radius 2 is 1.89 bits per heavy atom. The van der Waals surface area contributed by atoms with E-state index in [0.29, 0.717) is 0 Å². The van der Waals surface area contributed by atoms with Crippen LogP contribution in [0.2, 0.25) is 0 Å². The van der Waals surface area contributed by atoms with Crippen LogP contribution in [0, 0.1) is 0 Å². The molecule has 1 heterocycles. The molecule has 0 saturated carbocycles. The first-order valence-corrected chi connectivity index (χ1v) is 5.74. The van der Waals surface area contributed by atoms with Crippen LogP contribution in [0.5, 0.6) is 0 Å². The summed E-state index contributed by atoms with van der Waals surface area (Å²) in [6.45, 7) is 2.98. The molecule has 1 aliphatic heterocycles. The van der Waals surface area contributed by atoms with Gasteiger partial charge in [0.05, 0.1) is 19.3 Å². The van der Waals surface area contributed by atoms with E-state index in [1.54, 1.807) is 0 Å². The van der Waals surface area contributed by atoms with E-state index in [9.17, 15) is 20.4 Å². The van der Waals surface area contributed by atoms with Gasteiger partial charge in [0.15, 0.2) is 6.29 Å². The van der Waals surface area contributed by atoms with Gasteiger partial charge in [0.2, 0.25) is 0 Å². The second-order valence-electron chi connectivity index (χ2n) is 4.16. The van der Waals surface area contributed by atoms with Crippen molar-refractivity contribution in [3.8, 4) is 0 Å². The highest BCUT2D eigenvalue weighted by Crippen LogP contribution is 2.22. The van der Waals surface area contributed by atoms with Gasteiger partial charge in [-0.15, -0.1) is 6.58 Å². The summed E-state index contributed by atoms with van der Waals surface area (Å²) in [4.78, 5) is 0. The van der Waals surface area contributed by atoms with Crippen molar-refractivity contribution < 1.29 is 35.0 Å². The summed E-state index contributed by atoms with van der Waals surface area (Å²) >= 11 is 0. The molecule has 1 saturated heterocycles. The van der Waals surface area contributed by atoms with Gasteiger partial charge in [-0.3, -0.25) is 0 Å². The maximum atomic E-state index is 9.62. The van der Waals surface area contributed by atoms with Crippen LogP contribution in [0.4, 0.5) is 0 Å². The molecule has 0 spiro atoms. The van der Waals surface area contributed by atoms with Crippen molar-refractivity contribution in [3.63, 3.8) is 0 Å². The minimum absolute atomic E-state index is 0.0792. The number of aliphatic hydroxyl groups is 5. The minimum atomic E-state index is -1.45. The van der Waals surface area contributed by atoms with Gasteiger partial charge in [0, 0.05) is 6.42 Å². The van der Waals surface area contributed by atoms with Crippen molar-refractivity contribution in [2.45, 2.75) is 43.2 Å². The zero-order chi connectivity index (χ0) is 13.7. The smallest absolute Gasteiger partial charge is 0.186 e. The Bertz CT molecular complexity index is 258. The Labute approximate surface area is 105 Å². The first-order valence-electron chi connectivity index (χ1n) is 5.74. The molecule has 1 aliphatic rings. The third kappa shape index (κ3) is 3.72. The van der Waals surface area contributed by atoms with Crippen molar-refractivity contribution in [2.75, 3.05) is 13.2 Å². The first kappa shape index (κ1) is 15.5. The average Bonchev–Trinajstić information content (AvgIpc) is 2.38. The molecule has 0 aromatic heterocycles. The zero-order valence-electron chi connectivity index (χ0n) is 9.92. The lowest BCUT2D eigenvalue weighted by Crippen LogP contribution is -2.59. The summed E-state index contributed by atoms with van der Waals surface area (Å²) in [6.07, 6.45) is -5.53. The van der Waals surface area contributed by atoms with Crippen LogP contribution in [0.3, 0.4) is 0 Å². The third-order valence-corrected chi connectivity index (χ3v) is 2.82. The van der Waals surface area contributed by atoms with Gasteiger partial charge in [-0.25, -0.2) is 0 Å². The molecule has 6 unspecified atom stereocenters. The van der Waals surface area contributed by atoms with Gasteiger partial charge in [0.1, 0.15) is 24.4 Å². The largest absolute Gasteiger partial charge is 0.394 e. The van der Waals surface area contributed by atoms with E-state index in [1.807, 2.05) is 0 Å². The molecule has 1 fully saturated rings. The van der Waals surface area contributed by atoms with Crippen LogP contribution in [-0.4, -0.2) is 75.6 Å². The van der Waals surface area contributed by atoms with Crippen LogP contribution >= 0.6 is 0 Å². The topological polar surface area (TPSA) is 120 Å². The second kappa shape index (κ2) is 7.15. The molecule has 0 aromatic carbocycles. The van der Waals surface area contributed by atoms with E-state index in [-0.39, 0.29) is 13.0 Å². The van der Waals surface area contributed by atoms with E-state index in [1.165, 1.54) is 6.08 Å². The lowest BCUT2D eigenvalue weighted by molar-refractivity contribution is -0.301. The van der Waals surface area contributed by atoms with E-state index >= 15 is 0 Å². The molecular weight excluding hydrogens is 244 g/mol. The maximum Gasteiger partial charge on any atom is 0.186 e. The molecule has 0 radical (unpaired) electrons. The molecule has 6 atom stereocenters. The summed E-state index contributed by atoms with van der Waals surface area (Å²) in [5, 5.41) is 46.8. The van der Waals surface area contributed by atoms with Crippen molar-refractivity contribution in [1.82, 2.24) is 0 Å². The Kier molecular flexibility index (Phi) is 6.16. The van der Waals surface area contributed by atoms with Gasteiger partial charge in [-0.2, -0.15) is 0 Å². The van der Waals surface area contributed by atoms with Crippen LogP contribution < -0.4 is 0 Å². The molecule has 1 rings (SSSR count). The van der Waals surface area contributed by atoms with E-state index in [4.69, 9.17) is 14.6 Å². The lowest BCUT2D eigenvalue weighted by atomic mass is 9.99. The van der Waals surface area contributed by atoms with Crippen LogP contribution in [-0.2, 0) is 9.47 Å². The highest BCUT2D eigenvalue weighted by molar-refractivity contribution is 4.89. The summed E-state index contributed by atoms with van der Waals surface area (Å²) in [5.74, 6) is 0. The summed E-state index contributed by atoms with van der Waals surface area (Å²) in [6, 6.07) is 0. The van der Waals surface area contributed by atoms with Crippen LogP contribution in [0.25, 0.3) is 0 Å². The van der Waals surface area contributed by atoms with Gasteiger partial charge < -0.3 is 35.0 Å². The normalized spacial score (nSPS) is 38.4. The van der Waals surface area contributed by atoms with Crippen molar-refractivity contribution in [1.29, 1.82) is 0 Å². The monoisotopic (exact) mass is 264 g/mol.